The van der Waals surface area contributed by atoms with Gasteiger partial charge in [-0.2, -0.15) is 0 Å². The van der Waals surface area contributed by atoms with Crippen molar-refractivity contribution in [3.8, 4) is 11.5 Å². The molecule has 2 rings (SSSR count). The quantitative estimate of drug-likeness (QED) is 0.769. The molecule has 0 saturated carbocycles. The lowest BCUT2D eigenvalue weighted by Gasteiger charge is -2.20. The highest BCUT2D eigenvalue weighted by atomic mass is 16.5. The molecule has 0 aromatic heterocycles. The van der Waals surface area contributed by atoms with Crippen molar-refractivity contribution >= 4 is 11.7 Å². The van der Waals surface area contributed by atoms with E-state index >= 15 is 0 Å². The van der Waals surface area contributed by atoms with E-state index in [4.69, 9.17) is 9.84 Å². The van der Waals surface area contributed by atoms with Gasteiger partial charge in [0, 0.05) is 18.8 Å². The number of para-hydroxylation sites is 1. The van der Waals surface area contributed by atoms with E-state index in [9.17, 15) is 4.79 Å². The Hall–Kier alpha value is -2.79. The molecule has 5 heteroatoms. The maximum absolute atomic E-state index is 12.1. The summed E-state index contributed by atoms with van der Waals surface area (Å²) in [5, 5.41) is 11.8. The third-order valence-electron chi connectivity index (χ3n) is 3.09. The normalized spacial score (nSPS) is 9.96. The van der Waals surface area contributed by atoms with Crippen molar-refractivity contribution in [2.75, 3.05) is 25.0 Å². The largest absolute Gasteiger partial charge is 0.457 e. The van der Waals surface area contributed by atoms with Gasteiger partial charge in [-0.15, -0.1) is 6.58 Å². The maximum Gasteiger partial charge on any atom is 0.322 e. The Bertz CT molecular complexity index is 626. The fraction of sp³-hybridized carbons (Fsp3) is 0.167. The summed E-state index contributed by atoms with van der Waals surface area (Å²) in [7, 11) is 0. The number of hydrogen-bond acceptors (Lipinski definition) is 3. The first-order valence-corrected chi connectivity index (χ1v) is 7.33. The van der Waals surface area contributed by atoms with E-state index in [-0.39, 0.29) is 19.2 Å². The second-order valence-corrected chi connectivity index (χ2v) is 4.83. The van der Waals surface area contributed by atoms with Crippen LogP contribution in [0.1, 0.15) is 0 Å². The van der Waals surface area contributed by atoms with Crippen molar-refractivity contribution in [1.29, 1.82) is 0 Å². The first-order chi connectivity index (χ1) is 11.2. The predicted molar refractivity (Wildman–Crippen MR) is 90.8 cm³/mol. The Kier molecular flexibility index (Phi) is 6.20. The van der Waals surface area contributed by atoms with Gasteiger partial charge in [-0.3, -0.25) is 0 Å². The van der Waals surface area contributed by atoms with E-state index in [1.54, 1.807) is 30.3 Å². The lowest BCUT2D eigenvalue weighted by atomic mass is 10.3. The van der Waals surface area contributed by atoms with E-state index in [0.29, 0.717) is 18.0 Å². The van der Waals surface area contributed by atoms with E-state index in [1.807, 2.05) is 30.3 Å². The number of anilines is 1. The average molecular weight is 312 g/mol. The summed E-state index contributed by atoms with van der Waals surface area (Å²) < 4.78 is 5.69. The predicted octanol–water partition coefficient (Wildman–Crippen LogP) is 3.49. The molecular formula is C18H20N2O3. The van der Waals surface area contributed by atoms with Gasteiger partial charge in [-0.25, -0.2) is 4.79 Å². The molecule has 0 aliphatic heterocycles. The van der Waals surface area contributed by atoms with Gasteiger partial charge in [0.05, 0.1) is 6.61 Å². The molecule has 5 nitrogen and oxygen atoms in total. The number of rotatable bonds is 7. The van der Waals surface area contributed by atoms with Crippen LogP contribution < -0.4 is 10.1 Å². The van der Waals surface area contributed by atoms with Crippen LogP contribution in [0.3, 0.4) is 0 Å². The number of carbonyl (C=O) groups excluding carboxylic acids is 1. The van der Waals surface area contributed by atoms with Gasteiger partial charge in [0.1, 0.15) is 11.5 Å². The number of aliphatic hydroxyl groups is 1. The first kappa shape index (κ1) is 16.6. The molecule has 0 aliphatic carbocycles. The first-order valence-electron chi connectivity index (χ1n) is 7.33. The molecule has 0 unspecified atom stereocenters. The summed E-state index contributed by atoms with van der Waals surface area (Å²) in [5.74, 6) is 1.44. The van der Waals surface area contributed by atoms with E-state index in [0.717, 1.165) is 5.75 Å². The van der Waals surface area contributed by atoms with Gasteiger partial charge in [0.2, 0.25) is 0 Å². The SMILES string of the molecule is C=CCN(CCO)C(=O)Nc1ccc(Oc2ccccc2)cc1. The maximum atomic E-state index is 12.1. The molecule has 0 saturated heterocycles. The van der Waals surface area contributed by atoms with Crippen molar-refractivity contribution < 1.29 is 14.6 Å². The highest BCUT2D eigenvalue weighted by molar-refractivity contribution is 5.89. The van der Waals surface area contributed by atoms with Crippen LogP contribution in [0.15, 0.2) is 67.3 Å². The number of hydrogen-bond donors (Lipinski definition) is 2. The zero-order chi connectivity index (χ0) is 16.5. The fourth-order valence-corrected chi connectivity index (χ4v) is 1.99. The highest BCUT2D eigenvalue weighted by Crippen LogP contribution is 2.22. The molecule has 0 atom stereocenters. The minimum Gasteiger partial charge on any atom is -0.457 e. The molecule has 23 heavy (non-hydrogen) atoms. The molecule has 2 aromatic carbocycles. The van der Waals surface area contributed by atoms with Crippen molar-refractivity contribution in [2.24, 2.45) is 0 Å². The van der Waals surface area contributed by atoms with E-state index in [1.165, 1.54) is 4.90 Å². The minimum absolute atomic E-state index is 0.0921. The van der Waals surface area contributed by atoms with Crippen LogP contribution in [0, 0.1) is 0 Å². The Morgan fingerprint density at radius 3 is 2.39 bits per heavy atom. The molecular weight excluding hydrogens is 292 g/mol. The van der Waals surface area contributed by atoms with Gasteiger partial charge < -0.3 is 20.1 Å². The van der Waals surface area contributed by atoms with Crippen molar-refractivity contribution in [3.63, 3.8) is 0 Å². The number of amides is 2. The van der Waals surface area contributed by atoms with Gasteiger partial charge in [0.15, 0.2) is 0 Å². The zero-order valence-electron chi connectivity index (χ0n) is 12.8. The highest BCUT2D eigenvalue weighted by Gasteiger charge is 2.11. The second-order valence-electron chi connectivity index (χ2n) is 4.83. The number of ether oxygens (including phenoxy) is 1. The average Bonchev–Trinajstić information content (AvgIpc) is 2.57. The number of carbonyl (C=O) groups is 1. The molecule has 0 bridgehead atoms. The summed E-state index contributed by atoms with van der Waals surface area (Å²) in [6.45, 7) is 4.15. The number of urea groups is 1. The van der Waals surface area contributed by atoms with Crippen LogP contribution in [-0.2, 0) is 0 Å². The monoisotopic (exact) mass is 312 g/mol. The summed E-state index contributed by atoms with van der Waals surface area (Å²) in [5.41, 5.74) is 0.655. The number of nitrogens with one attached hydrogen (secondary N) is 1. The molecule has 2 amide bonds. The van der Waals surface area contributed by atoms with E-state index < -0.39 is 0 Å². The molecule has 0 heterocycles. The van der Waals surface area contributed by atoms with Crippen LogP contribution in [0.25, 0.3) is 0 Å². The van der Waals surface area contributed by atoms with Gasteiger partial charge in [0.25, 0.3) is 0 Å². The number of aliphatic hydroxyl groups excluding tert-OH is 1. The topological polar surface area (TPSA) is 61.8 Å². The summed E-state index contributed by atoms with van der Waals surface area (Å²) in [6.07, 6.45) is 1.62. The molecule has 2 N–H and O–H groups in total. The van der Waals surface area contributed by atoms with Gasteiger partial charge in [-0.1, -0.05) is 24.3 Å². The smallest absolute Gasteiger partial charge is 0.322 e. The van der Waals surface area contributed by atoms with Crippen molar-refractivity contribution in [2.45, 2.75) is 0 Å². The third kappa shape index (κ3) is 5.16. The Morgan fingerprint density at radius 1 is 1.13 bits per heavy atom. The summed E-state index contributed by atoms with van der Waals surface area (Å²) >= 11 is 0. The van der Waals surface area contributed by atoms with Crippen LogP contribution in [0.2, 0.25) is 0 Å². The molecule has 0 radical (unpaired) electrons. The molecule has 2 aromatic rings. The molecule has 0 aliphatic rings. The Morgan fingerprint density at radius 2 is 1.78 bits per heavy atom. The molecule has 120 valence electrons. The van der Waals surface area contributed by atoms with Crippen LogP contribution >= 0.6 is 0 Å². The molecule has 0 fully saturated rings. The lowest BCUT2D eigenvalue weighted by Crippen LogP contribution is -2.37. The van der Waals surface area contributed by atoms with Gasteiger partial charge >= 0.3 is 6.03 Å². The minimum atomic E-state index is -0.282. The standard InChI is InChI=1S/C18H20N2O3/c1-2-12-20(13-14-21)18(22)19-15-8-10-17(11-9-15)23-16-6-4-3-5-7-16/h2-11,21H,1,12-14H2,(H,19,22). The second kappa shape index (κ2) is 8.60. The van der Waals surface area contributed by atoms with Crippen molar-refractivity contribution in [3.05, 3.63) is 67.3 Å². The molecule has 0 spiro atoms. The lowest BCUT2D eigenvalue weighted by molar-refractivity contribution is 0.195. The summed E-state index contributed by atoms with van der Waals surface area (Å²) in [4.78, 5) is 13.6. The summed E-state index contributed by atoms with van der Waals surface area (Å²) in [6, 6.07) is 16.3. The number of benzene rings is 2. The van der Waals surface area contributed by atoms with E-state index in [2.05, 4.69) is 11.9 Å². The van der Waals surface area contributed by atoms with Crippen LogP contribution in [-0.4, -0.2) is 35.7 Å². The van der Waals surface area contributed by atoms with Crippen molar-refractivity contribution in [1.82, 2.24) is 4.90 Å². The van der Waals surface area contributed by atoms with Gasteiger partial charge in [-0.05, 0) is 36.4 Å². The fourth-order valence-electron chi connectivity index (χ4n) is 1.99. The van der Waals surface area contributed by atoms with Crippen LogP contribution in [0.4, 0.5) is 10.5 Å². The Labute approximate surface area is 135 Å². The zero-order valence-corrected chi connectivity index (χ0v) is 12.8. The third-order valence-corrected chi connectivity index (χ3v) is 3.09. The number of nitrogens with zero attached hydrogens (tertiary/aromatic N) is 1. The van der Waals surface area contributed by atoms with Crippen LogP contribution in [0.5, 0.6) is 11.5 Å². The Balaban J connectivity index is 1.96.